The van der Waals surface area contributed by atoms with E-state index in [4.69, 9.17) is 10.5 Å². The molecule has 1 aromatic rings. The molecule has 1 amide bonds. The Balaban J connectivity index is 1.74. The number of benzene rings is 1. The topological polar surface area (TPSA) is 76.4 Å². The van der Waals surface area contributed by atoms with Gasteiger partial charge in [-0.15, -0.1) is 0 Å². The molecule has 2 rings (SSSR count). The van der Waals surface area contributed by atoms with E-state index >= 15 is 0 Å². The quantitative estimate of drug-likeness (QED) is 0.683. The molecule has 116 valence electrons. The molecule has 0 saturated carbocycles. The third-order valence-electron chi connectivity index (χ3n) is 3.69. The minimum atomic E-state index is -0.345. The monoisotopic (exact) mass is 291 g/mol. The molecule has 0 radical (unpaired) electrons. The van der Waals surface area contributed by atoms with Crippen LogP contribution in [0.5, 0.6) is 5.75 Å². The van der Waals surface area contributed by atoms with Crippen molar-refractivity contribution >= 4 is 11.6 Å². The molecule has 0 bridgehead atoms. The zero-order chi connectivity index (χ0) is 15.1. The summed E-state index contributed by atoms with van der Waals surface area (Å²) in [4.78, 5) is 10.6. The zero-order valence-corrected chi connectivity index (χ0v) is 12.6. The molecule has 1 fully saturated rings. The molecular formula is C16H25N3O2. The van der Waals surface area contributed by atoms with Crippen molar-refractivity contribution in [2.75, 3.05) is 18.5 Å². The largest absolute Gasteiger partial charge is 0.493 e. The van der Waals surface area contributed by atoms with Gasteiger partial charge in [-0.3, -0.25) is 4.79 Å². The Hall–Kier alpha value is -1.75. The lowest BCUT2D eigenvalue weighted by atomic mass is 10.1. The number of primary amides is 1. The first kappa shape index (κ1) is 15.6. The lowest BCUT2D eigenvalue weighted by molar-refractivity contribution is -0.118. The number of hydrogen-bond acceptors (Lipinski definition) is 4. The van der Waals surface area contributed by atoms with Crippen molar-refractivity contribution in [3.63, 3.8) is 0 Å². The first-order chi connectivity index (χ1) is 10.1. The fourth-order valence-corrected chi connectivity index (χ4v) is 2.64. The van der Waals surface area contributed by atoms with Crippen LogP contribution in [-0.2, 0) is 4.79 Å². The Morgan fingerprint density at radius 3 is 2.86 bits per heavy atom. The van der Waals surface area contributed by atoms with Crippen molar-refractivity contribution < 1.29 is 9.53 Å². The first-order valence-corrected chi connectivity index (χ1v) is 7.64. The summed E-state index contributed by atoms with van der Waals surface area (Å²) in [7, 11) is 0. The van der Waals surface area contributed by atoms with Gasteiger partial charge >= 0.3 is 0 Å². The molecule has 2 atom stereocenters. The van der Waals surface area contributed by atoms with E-state index in [9.17, 15) is 4.79 Å². The maximum atomic E-state index is 10.6. The average Bonchev–Trinajstić information content (AvgIpc) is 2.93. The highest BCUT2D eigenvalue weighted by Gasteiger charge is 2.16. The van der Waals surface area contributed by atoms with E-state index in [2.05, 4.69) is 17.6 Å². The van der Waals surface area contributed by atoms with Crippen LogP contribution >= 0.6 is 0 Å². The Kier molecular flexibility index (Phi) is 5.87. The molecule has 1 saturated heterocycles. The summed E-state index contributed by atoms with van der Waals surface area (Å²) in [6.07, 6.45) is 3.94. The molecule has 0 aliphatic carbocycles. The second-order valence-electron chi connectivity index (χ2n) is 5.66. The number of carbonyl (C=O) groups is 1. The van der Waals surface area contributed by atoms with Crippen molar-refractivity contribution in [2.45, 2.75) is 44.7 Å². The van der Waals surface area contributed by atoms with Crippen LogP contribution in [-0.4, -0.2) is 31.1 Å². The number of hydrogen-bond donors (Lipinski definition) is 3. The highest BCUT2D eigenvalue weighted by atomic mass is 16.5. The van der Waals surface area contributed by atoms with Gasteiger partial charge in [0.15, 0.2) is 0 Å². The molecule has 4 N–H and O–H groups in total. The molecule has 5 nitrogen and oxygen atoms in total. The molecule has 21 heavy (non-hydrogen) atoms. The average molecular weight is 291 g/mol. The summed E-state index contributed by atoms with van der Waals surface area (Å²) in [5.41, 5.74) is 6.15. The number of nitrogens with one attached hydrogen (secondary N) is 2. The molecule has 1 heterocycles. The molecule has 0 spiro atoms. The standard InChI is InChI=1S/C16H25N3O2/c1-12(11-14-3-2-9-18-14)19-13-4-6-15(7-5-13)21-10-8-16(17)20/h4-7,12,14,18-19H,2-3,8-11H2,1H3,(H2,17,20). The summed E-state index contributed by atoms with van der Waals surface area (Å²) in [6.45, 7) is 3.68. The molecule has 1 aliphatic rings. The Morgan fingerprint density at radius 2 is 2.24 bits per heavy atom. The van der Waals surface area contributed by atoms with Gasteiger partial charge < -0.3 is 21.1 Å². The number of rotatable bonds is 8. The van der Waals surface area contributed by atoms with Crippen molar-refractivity contribution in [3.8, 4) is 5.75 Å². The van der Waals surface area contributed by atoms with Crippen LogP contribution in [0.2, 0.25) is 0 Å². The lowest BCUT2D eigenvalue weighted by Gasteiger charge is -2.19. The zero-order valence-electron chi connectivity index (χ0n) is 12.6. The highest BCUT2D eigenvalue weighted by molar-refractivity contribution is 5.73. The van der Waals surface area contributed by atoms with Gasteiger partial charge in [-0.25, -0.2) is 0 Å². The van der Waals surface area contributed by atoms with Gasteiger partial charge in [-0.1, -0.05) is 0 Å². The van der Waals surface area contributed by atoms with Crippen LogP contribution in [0.15, 0.2) is 24.3 Å². The van der Waals surface area contributed by atoms with Gasteiger partial charge in [-0.05, 0) is 57.0 Å². The fraction of sp³-hybridized carbons (Fsp3) is 0.562. The number of amides is 1. The molecule has 1 aromatic carbocycles. The summed E-state index contributed by atoms with van der Waals surface area (Å²) < 4.78 is 5.45. The first-order valence-electron chi connectivity index (χ1n) is 7.64. The van der Waals surface area contributed by atoms with E-state index < -0.39 is 0 Å². The van der Waals surface area contributed by atoms with E-state index in [0.29, 0.717) is 18.7 Å². The van der Waals surface area contributed by atoms with Gasteiger partial charge in [-0.2, -0.15) is 0 Å². The van der Waals surface area contributed by atoms with E-state index in [1.807, 2.05) is 24.3 Å². The van der Waals surface area contributed by atoms with Crippen molar-refractivity contribution in [3.05, 3.63) is 24.3 Å². The smallest absolute Gasteiger partial charge is 0.220 e. The minimum absolute atomic E-state index is 0.241. The fourth-order valence-electron chi connectivity index (χ4n) is 2.64. The Morgan fingerprint density at radius 1 is 1.48 bits per heavy atom. The van der Waals surface area contributed by atoms with E-state index in [1.165, 1.54) is 12.8 Å². The molecule has 5 heteroatoms. The number of nitrogens with two attached hydrogens (primary N) is 1. The summed E-state index contributed by atoms with van der Waals surface area (Å²) in [5, 5.41) is 7.02. The molecule has 2 unspecified atom stereocenters. The van der Waals surface area contributed by atoms with Gasteiger partial charge in [0, 0.05) is 17.8 Å². The summed E-state index contributed by atoms with van der Waals surface area (Å²) in [5.74, 6) is 0.412. The van der Waals surface area contributed by atoms with Gasteiger partial charge in [0.25, 0.3) is 0 Å². The number of anilines is 1. The van der Waals surface area contributed by atoms with E-state index in [1.54, 1.807) is 0 Å². The summed E-state index contributed by atoms with van der Waals surface area (Å²) >= 11 is 0. The van der Waals surface area contributed by atoms with Crippen LogP contribution in [0, 0.1) is 0 Å². The van der Waals surface area contributed by atoms with Gasteiger partial charge in [0.05, 0.1) is 13.0 Å². The molecule has 0 aromatic heterocycles. The van der Waals surface area contributed by atoms with E-state index in [0.717, 1.165) is 24.4 Å². The Labute approximate surface area is 126 Å². The maximum absolute atomic E-state index is 10.6. The van der Waals surface area contributed by atoms with Crippen LogP contribution in [0.4, 0.5) is 5.69 Å². The third kappa shape index (κ3) is 5.63. The highest BCUT2D eigenvalue weighted by Crippen LogP contribution is 2.18. The van der Waals surface area contributed by atoms with Crippen molar-refractivity contribution in [1.29, 1.82) is 0 Å². The summed E-state index contributed by atoms with van der Waals surface area (Å²) in [6, 6.07) is 8.88. The minimum Gasteiger partial charge on any atom is -0.493 e. The predicted octanol–water partition coefficient (Wildman–Crippen LogP) is 1.88. The number of carbonyl (C=O) groups excluding carboxylic acids is 1. The second kappa shape index (κ2) is 7.88. The van der Waals surface area contributed by atoms with Crippen molar-refractivity contribution in [2.24, 2.45) is 5.73 Å². The molecule has 1 aliphatic heterocycles. The third-order valence-corrected chi connectivity index (χ3v) is 3.69. The van der Waals surface area contributed by atoms with E-state index in [-0.39, 0.29) is 12.3 Å². The normalized spacial score (nSPS) is 19.2. The van der Waals surface area contributed by atoms with Crippen LogP contribution in [0.1, 0.15) is 32.6 Å². The second-order valence-corrected chi connectivity index (χ2v) is 5.66. The van der Waals surface area contributed by atoms with Crippen LogP contribution in [0.25, 0.3) is 0 Å². The van der Waals surface area contributed by atoms with Crippen molar-refractivity contribution in [1.82, 2.24) is 5.32 Å². The Bertz CT molecular complexity index is 441. The van der Waals surface area contributed by atoms with Gasteiger partial charge in [0.2, 0.25) is 5.91 Å². The van der Waals surface area contributed by atoms with Crippen LogP contribution < -0.4 is 21.1 Å². The molecular weight excluding hydrogens is 266 g/mol. The van der Waals surface area contributed by atoms with Crippen LogP contribution in [0.3, 0.4) is 0 Å². The number of ether oxygens (including phenoxy) is 1. The lowest BCUT2D eigenvalue weighted by Crippen LogP contribution is -2.29. The SMILES string of the molecule is CC(CC1CCCN1)Nc1ccc(OCCC(N)=O)cc1. The maximum Gasteiger partial charge on any atom is 0.220 e. The van der Waals surface area contributed by atoms with Gasteiger partial charge in [0.1, 0.15) is 5.75 Å². The predicted molar refractivity (Wildman–Crippen MR) is 84.5 cm³/mol.